The molecule has 1 saturated carbocycles. The first-order valence-electron chi connectivity index (χ1n) is 17.3. The normalized spacial score (nSPS) is 22.3. The number of carbonyl (C=O) groups is 1. The number of rotatable bonds is 7. The number of halogens is 3. The third-order valence-corrected chi connectivity index (χ3v) is 11.1. The number of pyridine rings is 1. The number of fused-ring (bicyclic) bond motifs is 4. The Morgan fingerprint density at radius 2 is 2.00 bits per heavy atom. The van der Waals surface area contributed by atoms with Crippen molar-refractivity contribution in [3.05, 3.63) is 52.3 Å². The summed E-state index contributed by atoms with van der Waals surface area (Å²) in [5.41, 5.74) is 3.15. The number of hydrogen-bond acceptors (Lipinski definition) is 9. The van der Waals surface area contributed by atoms with E-state index in [4.69, 9.17) is 31.3 Å². The van der Waals surface area contributed by atoms with Gasteiger partial charge in [0.25, 0.3) is 5.91 Å². The number of nitrogens with zero attached hydrogens (tertiary/aromatic N) is 9. The quantitative estimate of drug-likeness (QED) is 0.234. The van der Waals surface area contributed by atoms with Crippen molar-refractivity contribution in [3.8, 4) is 17.3 Å². The minimum Gasteiger partial charge on any atom is -0.461 e. The Hall–Kier alpha value is -4.43. The van der Waals surface area contributed by atoms with Gasteiger partial charge in [0.2, 0.25) is 0 Å². The zero-order valence-electron chi connectivity index (χ0n) is 27.9. The third kappa shape index (κ3) is 5.17. The molecule has 2 saturated heterocycles. The van der Waals surface area contributed by atoms with Crippen LogP contribution in [-0.2, 0) is 13.1 Å². The summed E-state index contributed by atoms with van der Waals surface area (Å²) in [5.74, 6) is -0.110. The average molecular weight is 703 g/mol. The Balaban J connectivity index is 1.17. The molecule has 2 atom stereocenters. The number of aromatic nitrogens is 7. The van der Waals surface area contributed by atoms with Crippen LogP contribution >= 0.6 is 11.6 Å². The SMILES string of the molecule is CN(C)C(=O)c1cc2n(n1)CCCN(c1nc(OC[C@@]34CCCN3C[C@H](F)C4)nc3c(F)c(-c4c(C5CC5)c(Cl)cc5[nH]ncc45)ncc13)C2. The summed E-state index contributed by atoms with van der Waals surface area (Å²) in [6.45, 7) is 2.99. The minimum atomic E-state index is -0.914. The molecule has 5 aromatic rings. The number of amides is 1. The summed E-state index contributed by atoms with van der Waals surface area (Å²) in [4.78, 5) is 32.8. The number of carbonyl (C=O) groups excluding carboxylic acids is 1. The van der Waals surface area contributed by atoms with Crippen molar-refractivity contribution in [3.63, 3.8) is 0 Å². The molecule has 1 aromatic carbocycles. The lowest BCUT2D eigenvalue weighted by Gasteiger charge is -2.31. The standard InChI is InChI=1S/C35H37ClF2N10O2/c1-45(2)33(49)26-11-21-17-46(8-4-10-48(21)44-26)32-23-14-39-31(28-22-15-40-43-25(22)12-24(36)27(28)19-5-6-19)29(38)30(23)41-34(42-32)50-18-35-7-3-9-47(35)16-20(37)13-35/h11-12,14-15,19-20H,3-10,13,16-18H2,1-2H3,(H,40,43)/t20-,35+/m1/s1. The van der Waals surface area contributed by atoms with E-state index in [0.717, 1.165) is 48.9 Å². The van der Waals surface area contributed by atoms with Crippen LogP contribution in [0.3, 0.4) is 0 Å². The maximum absolute atomic E-state index is 17.2. The lowest BCUT2D eigenvalue weighted by Crippen LogP contribution is -2.43. The fourth-order valence-electron chi connectivity index (χ4n) is 8.23. The van der Waals surface area contributed by atoms with E-state index in [1.165, 1.54) is 4.90 Å². The van der Waals surface area contributed by atoms with Crippen molar-refractivity contribution in [2.24, 2.45) is 0 Å². The molecule has 9 rings (SSSR count). The second kappa shape index (κ2) is 11.8. The molecule has 12 nitrogen and oxygen atoms in total. The van der Waals surface area contributed by atoms with Crippen molar-refractivity contribution in [2.75, 3.05) is 45.2 Å². The number of hydrogen-bond donors (Lipinski definition) is 1. The summed E-state index contributed by atoms with van der Waals surface area (Å²) in [5, 5.41) is 13.5. The number of aromatic amines is 1. The molecule has 1 amide bonds. The highest BCUT2D eigenvalue weighted by Crippen LogP contribution is 2.50. The van der Waals surface area contributed by atoms with Crippen molar-refractivity contribution >= 4 is 45.1 Å². The predicted molar refractivity (Wildman–Crippen MR) is 184 cm³/mol. The molecule has 3 aliphatic heterocycles. The molecular formula is C35H37ClF2N10O2. The molecule has 0 unspecified atom stereocenters. The van der Waals surface area contributed by atoms with Crippen LogP contribution in [0.2, 0.25) is 5.02 Å². The van der Waals surface area contributed by atoms with E-state index in [1.54, 1.807) is 32.6 Å². The fraction of sp³-hybridized carbons (Fsp3) is 0.486. The van der Waals surface area contributed by atoms with E-state index in [2.05, 4.69) is 20.2 Å². The van der Waals surface area contributed by atoms with Crippen LogP contribution in [0, 0.1) is 5.82 Å². The van der Waals surface area contributed by atoms with Crippen LogP contribution in [0.1, 0.15) is 66.2 Å². The summed E-state index contributed by atoms with van der Waals surface area (Å²) >= 11 is 6.81. The second-order valence-corrected chi connectivity index (χ2v) is 14.8. The minimum absolute atomic E-state index is 0.0234. The van der Waals surface area contributed by atoms with Crippen molar-refractivity contribution in [1.82, 2.24) is 44.7 Å². The average Bonchev–Trinajstić information content (AvgIpc) is 3.39. The summed E-state index contributed by atoms with van der Waals surface area (Å²) in [6, 6.07) is 3.66. The monoisotopic (exact) mass is 702 g/mol. The van der Waals surface area contributed by atoms with Crippen LogP contribution in [0.4, 0.5) is 14.6 Å². The summed E-state index contributed by atoms with van der Waals surface area (Å²) in [7, 11) is 3.39. The van der Waals surface area contributed by atoms with Gasteiger partial charge < -0.3 is 14.5 Å². The molecule has 0 spiro atoms. The van der Waals surface area contributed by atoms with E-state index >= 15 is 4.39 Å². The van der Waals surface area contributed by atoms with Gasteiger partial charge in [0.1, 0.15) is 29.8 Å². The first-order chi connectivity index (χ1) is 24.2. The van der Waals surface area contributed by atoms with Crippen molar-refractivity contribution in [1.29, 1.82) is 0 Å². The van der Waals surface area contributed by atoms with Gasteiger partial charge in [-0.15, -0.1) is 0 Å². The van der Waals surface area contributed by atoms with Gasteiger partial charge in [-0.1, -0.05) is 11.6 Å². The number of alkyl halides is 1. The maximum Gasteiger partial charge on any atom is 0.319 e. The van der Waals surface area contributed by atoms with Crippen molar-refractivity contribution < 1.29 is 18.3 Å². The van der Waals surface area contributed by atoms with Gasteiger partial charge in [-0.05, 0) is 62.3 Å². The molecule has 4 aliphatic rings. The molecule has 1 aliphatic carbocycles. The third-order valence-electron chi connectivity index (χ3n) is 10.8. The second-order valence-electron chi connectivity index (χ2n) is 14.3. The van der Waals surface area contributed by atoms with Crippen LogP contribution in [0.5, 0.6) is 6.01 Å². The van der Waals surface area contributed by atoms with E-state index in [1.807, 2.05) is 15.6 Å². The van der Waals surface area contributed by atoms with Gasteiger partial charge in [-0.3, -0.25) is 24.5 Å². The van der Waals surface area contributed by atoms with Crippen molar-refractivity contribution in [2.45, 2.75) is 69.2 Å². The predicted octanol–water partition coefficient (Wildman–Crippen LogP) is 5.50. The Morgan fingerprint density at radius 3 is 2.82 bits per heavy atom. The highest BCUT2D eigenvalue weighted by molar-refractivity contribution is 6.33. The molecule has 50 heavy (non-hydrogen) atoms. The largest absolute Gasteiger partial charge is 0.461 e. The van der Waals surface area contributed by atoms with Crippen LogP contribution < -0.4 is 9.64 Å². The molecular weight excluding hydrogens is 666 g/mol. The number of ether oxygens (including phenoxy) is 1. The zero-order valence-corrected chi connectivity index (χ0v) is 28.7. The molecule has 4 aromatic heterocycles. The maximum atomic E-state index is 17.2. The number of aryl methyl sites for hydroxylation is 1. The number of H-pyrrole nitrogens is 1. The van der Waals surface area contributed by atoms with Crippen LogP contribution in [-0.4, -0.2) is 103 Å². The van der Waals surface area contributed by atoms with Gasteiger partial charge in [-0.2, -0.15) is 20.2 Å². The first kappa shape index (κ1) is 31.5. The van der Waals surface area contributed by atoms with Gasteiger partial charge in [0, 0.05) is 62.3 Å². The lowest BCUT2D eigenvalue weighted by molar-refractivity contribution is 0.0821. The molecule has 1 N–H and O–H groups in total. The Labute approximate surface area is 291 Å². The smallest absolute Gasteiger partial charge is 0.319 e. The first-order valence-corrected chi connectivity index (χ1v) is 17.6. The van der Waals surface area contributed by atoms with Gasteiger partial charge in [-0.25, -0.2) is 8.78 Å². The molecule has 7 heterocycles. The Morgan fingerprint density at radius 1 is 1.14 bits per heavy atom. The molecule has 0 bridgehead atoms. The summed E-state index contributed by atoms with van der Waals surface area (Å²) < 4.78 is 40.0. The lowest BCUT2D eigenvalue weighted by atomic mass is 9.95. The zero-order chi connectivity index (χ0) is 34.3. The Kier molecular flexibility index (Phi) is 7.46. The summed E-state index contributed by atoms with van der Waals surface area (Å²) in [6.07, 6.45) is 7.20. The molecule has 0 radical (unpaired) electrons. The number of anilines is 1. The van der Waals surface area contributed by atoms with Gasteiger partial charge in [0.15, 0.2) is 11.5 Å². The number of nitrogens with one attached hydrogen (secondary N) is 1. The molecule has 3 fully saturated rings. The fourth-order valence-corrected chi connectivity index (χ4v) is 8.58. The van der Waals surface area contributed by atoms with Gasteiger partial charge >= 0.3 is 6.01 Å². The van der Waals surface area contributed by atoms with E-state index < -0.39 is 17.5 Å². The van der Waals surface area contributed by atoms with Crippen LogP contribution in [0.25, 0.3) is 33.1 Å². The van der Waals surface area contributed by atoms with Crippen LogP contribution in [0.15, 0.2) is 24.5 Å². The number of benzene rings is 1. The Bertz CT molecular complexity index is 2170. The van der Waals surface area contributed by atoms with E-state index in [-0.39, 0.29) is 35.7 Å². The van der Waals surface area contributed by atoms with E-state index in [9.17, 15) is 9.18 Å². The molecule has 15 heteroatoms. The highest BCUT2D eigenvalue weighted by Gasteiger charge is 2.49. The van der Waals surface area contributed by atoms with Gasteiger partial charge in [0.05, 0.1) is 34.9 Å². The topological polar surface area (TPSA) is 121 Å². The van der Waals surface area contributed by atoms with E-state index in [0.29, 0.717) is 72.0 Å². The highest BCUT2D eigenvalue weighted by atomic mass is 35.5. The molecule has 260 valence electrons.